The zero-order valence-electron chi connectivity index (χ0n) is 16.9. The highest BCUT2D eigenvalue weighted by Crippen LogP contribution is 2.17. The van der Waals surface area contributed by atoms with Crippen molar-refractivity contribution >= 4 is 41.3 Å². The van der Waals surface area contributed by atoms with Gasteiger partial charge in [0.1, 0.15) is 5.01 Å². The Balaban J connectivity index is 0.00000364. The first-order valence-corrected chi connectivity index (χ1v) is 9.96. The minimum absolute atomic E-state index is 0. The molecule has 27 heavy (non-hydrogen) atoms. The number of likely N-dealkylation sites (N-methyl/N-ethyl adjacent to an activating group) is 1. The number of nitrogens with one attached hydrogen (secondary N) is 2. The number of nitrogens with zero attached hydrogens (tertiary/aromatic N) is 3. The Hall–Kier alpha value is -1.19. The molecule has 1 aromatic heterocycles. The smallest absolute Gasteiger partial charge is 0.191 e. The minimum atomic E-state index is 0. The van der Waals surface area contributed by atoms with Crippen molar-refractivity contribution in [2.45, 2.75) is 38.8 Å². The van der Waals surface area contributed by atoms with Gasteiger partial charge in [-0.15, -0.1) is 35.3 Å². The Morgan fingerprint density at radius 2 is 1.89 bits per heavy atom. The Morgan fingerprint density at radius 1 is 1.19 bits per heavy atom. The van der Waals surface area contributed by atoms with Gasteiger partial charge in [0.25, 0.3) is 0 Å². The fourth-order valence-corrected chi connectivity index (χ4v) is 3.48. The van der Waals surface area contributed by atoms with E-state index in [-0.39, 0.29) is 24.0 Å². The van der Waals surface area contributed by atoms with E-state index in [2.05, 4.69) is 89.2 Å². The summed E-state index contributed by atoms with van der Waals surface area (Å²) in [6.07, 6.45) is 1.00. The number of aromatic nitrogens is 1. The molecule has 0 bridgehead atoms. The van der Waals surface area contributed by atoms with Crippen LogP contribution in [0.25, 0.3) is 0 Å². The molecule has 5 nitrogen and oxygen atoms in total. The van der Waals surface area contributed by atoms with Crippen LogP contribution < -0.4 is 10.6 Å². The first-order valence-electron chi connectivity index (χ1n) is 9.08. The SMILES string of the molecule is CN=C(NCc1nc(C(C)C)cs1)NCC(Cc1ccccc1)N(C)C.I. The Morgan fingerprint density at radius 3 is 2.44 bits per heavy atom. The third-order valence-electron chi connectivity index (χ3n) is 4.34. The van der Waals surface area contributed by atoms with E-state index in [1.54, 1.807) is 18.4 Å². The molecule has 0 aliphatic rings. The summed E-state index contributed by atoms with van der Waals surface area (Å²) in [6, 6.07) is 11.0. The van der Waals surface area contributed by atoms with Crippen LogP contribution in [-0.4, -0.2) is 49.6 Å². The molecule has 0 radical (unpaired) electrons. The van der Waals surface area contributed by atoms with Gasteiger partial charge in [-0.2, -0.15) is 0 Å². The van der Waals surface area contributed by atoms with Crippen molar-refractivity contribution in [2.24, 2.45) is 4.99 Å². The van der Waals surface area contributed by atoms with Gasteiger partial charge in [-0.25, -0.2) is 4.98 Å². The zero-order valence-corrected chi connectivity index (χ0v) is 20.0. The maximum Gasteiger partial charge on any atom is 0.191 e. The maximum atomic E-state index is 4.66. The summed E-state index contributed by atoms with van der Waals surface area (Å²) < 4.78 is 0. The van der Waals surface area contributed by atoms with Crippen molar-refractivity contribution in [1.29, 1.82) is 0 Å². The number of benzene rings is 1. The molecule has 2 N–H and O–H groups in total. The molecule has 1 unspecified atom stereocenters. The van der Waals surface area contributed by atoms with Crippen LogP contribution >= 0.6 is 35.3 Å². The third-order valence-corrected chi connectivity index (χ3v) is 5.21. The van der Waals surface area contributed by atoms with E-state index in [0.29, 0.717) is 18.5 Å². The summed E-state index contributed by atoms with van der Waals surface area (Å²) >= 11 is 1.70. The molecule has 0 spiro atoms. The summed E-state index contributed by atoms with van der Waals surface area (Å²) in [5.41, 5.74) is 2.50. The molecule has 0 aliphatic heterocycles. The van der Waals surface area contributed by atoms with Gasteiger partial charge in [-0.05, 0) is 32.0 Å². The van der Waals surface area contributed by atoms with Crippen LogP contribution in [0.2, 0.25) is 0 Å². The Bertz CT molecular complexity index is 685. The third kappa shape index (κ3) is 8.15. The van der Waals surface area contributed by atoms with E-state index in [1.807, 2.05) is 0 Å². The van der Waals surface area contributed by atoms with Gasteiger partial charge in [-0.1, -0.05) is 44.2 Å². The lowest BCUT2D eigenvalue weighted by Crippen LogP contribution is -2.45. The maximum absolute atomic E-state index is 4.66. The molecule has 1 atom stereocenters. The lowest BCUT2D eigenvalue weighted by molar-refractivity contribution is 0.290. The molecular formula is C20H32IN5S. The van der Waals surface area contributed by atoms with Gasteiger partial charge in [0.15, 0.2) is 5.96 Å². The van der Waals surface area contributed by atoms with Gasteiger partial charge in [0.05, 0.1) is 12.2 Å². The van der Waals surface area contributed by atoms with E-state index >= 15 is 0 Å². The highest BCUT2D eigenvalue weighted by molar-refractivity contribution is 14.0. The standard InChI is InChI=1S/C20H31N5S.HI/c1-15(2)18-14-26-19(24-18)13-23-20(21-3)22-12-17(25(4)5)11-16-9-7-6-8-10-16;/h6-10,14-15,17H,11-13H2,1-5H3,(H2,21,22,23);1H. The summed E-state index contributed by atoms with van der Waals surface area (Å²) in [7, 11) is 6.04. The molecule has 150 valence electrons. The molecule has 0 fully saturated rings. The first kappa shape index (κ1) is 23.8. The molecule has 0 amide bonds. The van der Waals surface area contributed by atoms with Crippen LogP contribution in [0.1, 0.15) is 36.0 Å². The number of halogens is 1. The van der Waals surface area contributed by atoms with Crippen molar-refractivity contribution in [3.8, 4) is 0 Å². The summed E-state index contributed by atoms with van der Waals surface area (Å²) in [5.74, 6) is 1.28. The molecule has 2 aromatic rings. The topological polar surface area (TPSA) is 52.6 Å². The van der Waals surface area contributed by atoms with Crippen molar-refractivity contribution in [3.63, 3.8) is 0 Å². The summed E-state index contributed by atoms with van der Waals surface area (Å²) in [5, 5.41) is 10.0. The average molecular weight is 501 g/mol. The van der Waals surface area contributed by atoms with Gasteiger partial charge < -0.3 is 15.5 Å². The van der Waals surface area contributed by atoms with Crippen molar-refractivity contribution in [1.82, 2.24) is 20.5 Å². The number of hydrogen-bond donors (Lipinski definition) is 2. The van der Waals surface area contributed by atoms with Crippen LogP contribution in [0, 0.1) is 0 Å². The van der Waals surface area contributed by atoms with Crippen molar-refractivity contribution in [2.75, 3.05) is 27.7 Å². The van der Waals surface area contributed by atoms with Crippen LogP contribution in [-0.2, 0) is 13.0 Å². The molecule has 7 heteroatoms. The van der Waals surface area contributed by atoms with Gasteiger partial charge >= 0.3 is 0 Å². The second-order valence-electron chi connectivity index (χ2n) is 6.93. The predicted molar refractivity (Wildman–Crippen MR) is 127 cm³/mol. The largest absolute Gasteiger partial charge is 0.355 e. The van der Waals surface area contributed by atoms with Crippen LogP contribution in [0.3, 0.4) is 0 Å². The molecule has 1 heterocycles. The quantitative estimate of drug-likeness (QED) is 0.329. The monoisotopic (exact) mass is 501 g/mol. The number of thiazole rings is 1. The summed E-state index contributed by atoms with van der Waals surface area (Å²) in [4.78, 5) is 11.2. The number of hydrogen-bond acceptors (Lipinski definition) is 4. The van der Waals surface area contributed by atoms with E-state index in [1.165, 1.54) is 5.56 Å². The van der Waals surface area contributed by atoms with Crippen molar-refractivity contribution in [3.05, 3.63) is 52.0 Å². The average Bonchev–Trinajstić information content (AvgIpc) is 3.11. The minimum Gasteiger partial charge on any atom is -0.355 e. The number of rotatable bonds is 8. The predicted octanol–water partition coefficient (Wildman–Crippen LogP) is 3.72. The second-order valence-corrected chi connectivity index (χ2v) is 7.88. The lowest BCUT2D eigenvalue weighted by atomic mass is 10.1. The van der Waals surface area contributed by atoms with Gasteiger partial charge in [0.2, 0.25) is 0 Å². The second kappa shape index (κ2) is 12.3. The summed E-state index contributed by atoms with van der Waals surface area (Å²) in [6.45, 7) is 5.86. The highest BCUT2D eigenvalue weighted by atomic mass is 127. The Labute approximate surface area is 184 Å². The first-order chi connectivity index (χ1) is 12.5. The van der Waals surface area contributed by atoms with Gasteiger partial charge in [0, 0.05) is 25.0 Å². The van der Waals surface area contributed by atoms with Gasteiger partial charge in [-0.3, -0.25) is 4.99 Å². The van der Waals surface area contributed by atoms with Crippen LogP contribution in [0.4, 0.5) is 0 Å². The Kier molecular flexibility index (Phi) is 10.9. The fourth-order valence-electron chi connectivity index (χ4n) is 2.59. The van der Waals surface area contributed by atoms with Crippen LogP contribution in [0.15, 0.2) is 40.7 Å². The zero-order chi connectivity index (χ0) is 18.9. The molecule has 0 saturated carbocycles. The fraction of sp³-hybridized carbons (Fsp3) is 0.500. The van der Waals surface area contributed by atoms with Crippen molar-refractivity contribution < 1.29 is 0 Å². The van der Waals surface area contributed by atoms with E-state index in [4.69, 9.17) is 0 Å². The molecule has 1 aromatic carbocycles. The molecule has 0 saturated heterocycles. The highest BCUT2D eigenvalue weighted by Gasteiger charge is 2.13. The number of guanidine groups is 1. The molecule has 2 rings (SSSR count). The molecular weight excluding hydrogens is 469 g/mol. The normalized spacial score (nSPS) is 12.8. The lowest BCUT2D eigenvalue weighted by Gasteiger charge is -2.25. The van der Waals surface area contributed by atoms with Crippen LogP contribution in [0.5, 0.6) is 0 Å². The molecule has 0 aliphatic carbocycles. The van der Waals surface area contributed by atoms with E-state index in [0.717, 1.165) is 29.6 Å². The number of aliphatic imine (C=N–C) groups is 1. The van der Waals surface area contributed by atoms with E-state index < -0.39 is 0 Å². The van der Waals surface area contributed by atoms with E-state index in [9.17, 15) is 0 Å².